The largest absolute Gasteiger partial charge is 0.391 e. The van der Waals surface area contributed by atoms with Gasteiger partial charge in [-0.15, -0.1) is 0 Å². The van der Waals surface area contributed by atoms with Crippen LogP contribution in [-0.4, -0.2) is 60.3 Å². The van der Waals surface area contributed by atoms with Crippen LogP contribution in [0.5, 0.6) is 0 Å². The molecule has 0 aromatic carbocycles. The van der Waals surface area contributed by atoms with Crippen molar-refractivity contribution >= 4 is 11.8 Å². The first-order valence-corrected chi connectivity index (χ1v) is 14.2. The minimum atomic E-state index is -0.154. The van der Waals surface area contributed by atoms with E-state index < -0.39 is 0 Å². The molecule has 1 aliphatic heterocycles. The van der Waals surface area contributed by atoms with E-state index in [1.807, 2.05) is 11.8 Å². The molecule has 0 aliphatic carbocycles. The monoisotopic (exact) mass is 428 g/mol. The molecule has 4 heteroatoms. The van der Waals surface area contributed by atoms with Gasteiger partial charge in [-0.1, -0.05) is 103 Å². The summed E-state index contributed by atoms with van der Waals surface area (Å²) in [4.78, 5) is 2.39. The lowest BCUT2D eigenvalue weighted by Gasteiger charge is -2.28. The SMILES string of the molecule is CCCCCCCCCCCCCCCCCCSCC(O)CN1CCNCC1. The van der Waals surface area contributed by atoms with Crippen LogP contribution in [0.1, 0.15) is 110 Å². The van der Waals surface area contributed by atoms with Gasteiger partial charge < -0.3 is 10.4 Å². The second kappa shape index (κ2) is 21.5. The highest BCUT2D eigenvalue weighted by Crippen LogP contribution is 2.15. The summed E-state index contributed by atoms with van der Waals surface area (Å²) in [5.74, 6) is 2.12. The zero-order chi connectivity index (χ0) is 20.8. The van der Waals surface area contributed by atoms with Crippen molar-refractivity contribution in [3.8, 4) is 0 Å². The van der Waals surface area contributed by atoms with Crippen LogP contribution < -0.4 is 5.32 Å². The lowest BCUT2D eigenvalue weighted by molar-refractivity contribution is 0.121. The van der Waals surface area contributed by atoms with Gasteiger partial charge in [0.05, 0.1) is 6.10 Å². The van der Waals surface area contributed by atoms with E-state index in [-0.39, 0.29) is 6.10 Å². The van der Waals surface area contributed by atoms with Crippen LogP contribution in [0.4, 0.5) is 0 Å². The molecule has 29 heavy (non-hydrogen) atoms. The Labute approximate surface area is 187 Å². The van der Waals surface area contributed by atoms with Crippen molar-refractivity contribution in [2.75, 3.05) is 44.2 Å². The average Bonchev–Trinajstić information content (AvgIpc) is 2.73. The predicted octanol–water partition coefficient (Wildman–Crippen LogP) is 6.25. The van der Waals surface area contributed by atoms with Crippen LogP contribution in [0.25, 0.3) is 0 Å². The first-order valence-electron chi connectivity index (χ1n) is 13.0. The zero-order valence-electron chi connectivity index (χ0n) is 19.6. The number of nitrogens with zero attached hydrogens (tertiary/aromatic N) is 1. The van der Waals surface area contributed by atoms with Gasteiger partial charge in [-0.3, -0.25) is 4.90 Å². The number of hydrogen-bond donors (Lipinski definition) is 2. The van der Waals surface area contributed by atoms with Gasteiger partial charge in [0.25, 0.3) is 0 Å². The summed E-state index contributed by atoms with van der Waals surface area (Å²) in [5.41, 5.74) is 0. The van der Waals surface area contributed by atoms with Crippen molar-refractivity contribution in [3.05, 3.63) is 0 Å². The Bertz CT molecular complexity index is 324. The fourth-order valence-corrected chi connectivity index (χ4v) is 5.17. The Morgan fingerprint density at radius 2 is 1.17 bits per heavy atom. The van der Waals surface area contributed by atoms with Crippen molar-refractivity contribution < 1.29 is 5.11 Å². The first-order chi connectivity index (χ1) is 14.3. The quantitative estimate of drug-likeness (QED) is 0.212. The minimum absolute atomic E-state index is 0.154. The highest BCUT2D eigenvalue weighted by Gasteiger charge is 2.13. The molecule has 0 bridgehead atoms. The molecule has 1 fully saturated rings. The normalized spacial score (nSPS) is 16.3. The van der Waals surface area contributed by atoms with Crippen LogP contribution >= 0.6 is 11.8 Å². The summed E-state index contributed by atoms with van der Waals surface area (Å²) in [5, 5.41) is 13.5. The van der Waals surface area contributed by atoms with Gasteiger partial charge in [-0.05, 0) is 12.2 Å². The van der Waals surface area contributed by atoms with Gasteiger partial charge >= 0.3 is 0 Å². The van der Waals surface area contributed by atoms with Crippen molar-refractivity contribution in [2.24, 2.45) is 0 Å². The van der Waals surface area contributed by atoms with Crippen LogP contribution in [0.15, 0.2) is 0 Å². The number of β-amino-alcohol motifs (C(OH)–C–C–N with tert-alkyl or cyclic N) is 1. The number of piperazine rings is 1. The van der Waals surface area contributed by atoms with Crippen LogP contribution in [-0.2, 0) is 0 Å². The Kier molecular flexibility index (Phi) is 20.2. The molecule has 1 atom stereocenters. The molecule has 0 aromatic rings. The van der Waals surface area contributed by atoms with Gasteiger partial charge in [-0.2, -0.15) is 11.8 Å². The van der Waals surface area contributed by atoms with E-state index in [2.05, 4.69) is 17.1 Å². The number of rotatable bonds is 21. The molecule has 1 unspecified atom stereocenters. The average molecular weight is 429 g/mol. The molecule has 3 nitrogen and oxygen atoms in total. The van der Waals surface area contributed by atoms with Gasteiger partial charge in [0, 0.05) is 38.5 Å². The number of unbranched alkanes of at least 4 members (excludes halogenated alkanes) is 15. The van der Waals surface area contributed by atoms with Gasteiger partial charge in [0.15, 0.2) is 0 Å². The van der Waals surface area contributed by atoms with Crippen molar-refractivity contribution in [1.29, 1.82) is 0 Å². The number of aliphatic hydroxyl groups is 1. The van der Waals surface area contributed by atoms with E-state index in [1.165, 1.54) is 108 Å². The van der Waals surface area contributed by atoms with Gasteiger partial charge in [0.1, 0.15) is 0 Å². The molecule has 0 saturated carbocycles. The Morgan fingerprint density at radius 3 is 1.66 bits per heavy atom. The van der Waals surface area contributed by atoms with E-state index >= 15 is 0 Å². The maximum absolute atomic E-state index is 10.2. The lowest BCUT2D eigenvalue weighted by Crippen LogP contribution is -2.46. The van der Waals surface area contributed by atoms with Gasteiger partial charge in [0.2, 0.25) is 0 Å². The standard InChI is InChI=1S/C25H52N2OS/c1-2-3-4-5-6-7-8-9-10-11-12-13-14-15-16-17-22-29-24-25(28)23-27-20-18-26-19-21-27/h25-26,28H,2-24H2,1H3. The zero-order valence-corrected chi connectivity index (χ0v) is 20.5. The molecule has 0 aromatic heterocycles. The van der Waals surface area contributed by atoms with E-state index in [0.29, 0.717) is 0 Å². The third kappa shape index (κ3) is 18.7. The molecule has 0 amide bonds. The fourth-order valence-electron chi connectivity index (χ4n) is 4.22. The summed E-state index contributed by atoms with van der Waals surface area (Å²) in [7, 11) is 0. The summed E-state index contributed by atoms with van der Waals surface area (Å²) in [6.07, 6.45) is 22.7. The van der Waals surface area contributed by atoms with Crippen LogP contribution in [0.2, 0.25) is 0 Å². The number of hydrogen-bond acceptors (Lipinski definition) is 4. The van der Waals surface area contributed by atoms with Crippen molar-refractivity contribution in [1.82, 2.24) is 10.2 Å². The van der Waals surface area contributed by atoms with E-state index in [4.69, 9.17) is 0 Å². The maximum Gasteiger partial charge on any atom is 0.0757 e. The molecule has 1 aliphatic rings. The summed E-state index contributed by atoms with van der Waals surface area (Å²) in [6.45, 7) is 7.45. The topological polar surface area (TPSA) is 35.5 Å². The van der Waals surface area contributed by atoms with Crippen LogP contribution in [0.3, 0.4) is 0 Å². The number of thioether (sulfide) groups is 1. The molecule has 0 radical (unpaired) electrons. The number of nitrogens with one attached hydrogen (secondary N) is 1. The molecule has 1 heterocycles. The second-order valence-electron chi connectivity index (χ2n) is 9.08. The third-order valence-corrected chi connectivity index (χ3v) is 7.33. The highest BCUT2D eigenvalue weighted by molar-refractivity contribution is 7.99. The van der Waals surface area contributed by atoms with Crippen molar-refractivity contribution in [3.63, 3.8) is 0 Å². The molecular weight excluding hydrogens is 376 g/mol. The molecule has 1 rings (SSSR count). The van der Waals surface area contributed by atoms with E-state index in [0.717, 1.165) is 38.5 Å². The van der Waals surface area contributed by atoms with Crippen molar-refractivity contribution in [2.45, 2.75) is 116 Å². The second-order valence-corrected chi connectivity index (χ2v) is 10.2. The molecule has 1 saturated heterocycles. The Morgan fingerprint density at radius 1 is 0.724 bits per heavy atom. The number of aliphatic hydroxyl groups excluding tert-OH is 1. The Hall–Kier alpha value is 0.230. The van der Waals surface area contributed by atoms with Gasteiger partial charge in [-0.25, -0.2) is 0 Å². The fraction of sp³-hybridized carbons (Fsp3) is 1.00. The third-order valence-electron chi connectivity index (χ3n) is 6.13. The molecule has 0 spiro atoms. The summed E-state index contributed by atoms with van der Waals surface area (Å²) in [6, 6.07) is 0. The van der Waals surface area contributed by atoms with Crippen LogP contribution in [0, 0.1) is 0 Å². The lowest BCUT2D eigenvalue weighted by atomic mass is 10.0. The summed E-state index contributed by atoms with van der Waals surface area (Å²) < 4.78 is 0. The van der Waals surface area contributed by atoms with E-state index in [1.54, 1.807) is 0 Å². The highest BCUT2D eigenvalue weighted by atomic mass is 32.2. The first kappa shape index (κ1) is 27.3. The van der Waals surface area contributed by atoms with E-state index in [9.17, 15) is 5.11 Å². The predicted molar refractivity (Wildman–Crippen MR) is 132 cm³/mol. The smallest absolute Gasteiger partial charge is 0.0757 e. The maximum atomic E-state index is 10.2. The molecule has 174 valence electrons. The summed E-state index contributed by atoms with van der Waals surface area (Å²) >= 11 is 1.94. The minimum Gasteiger partial charge on any atom is -0.391 e. The molecular formula is C25H52N2OS. The molecule has 2 N–H and O–H groups in total. The Balaban J connectivity index is 1.69.